The molecule has 0 unspecified atom stereocenters. The van der Waals surface area contributed by atoms with Crippen molar-refractivity contribution < 1.29 is 18.6 Å². The lowest BCUT2D eigenvalue weighted by molar-refractivity contribution is 0.133. The number of nitrogens with zero attached hydrogens (tertiary/aromatic N) is 1. The van der Waals surface area contributed by atoms with Crippen LogP contribution >= 0.6 is 0 Å². The number of hydrogen-bond acceptors (Lipinski definition) is 6. The summed E-state index contributed by atoms with van der Waals surface area (Å²) in [4.78, 5) is 0. The van der Waals surface area contributed by atoms with Crippen LogP contribution in [0, 0.1) is 11.3 Å². The second kappa shape index (κ2) is 10.2. The summed E-state index contributed by atoms with van der Waals surface area (Å²) in [6.07, 6.45) is 3.80. The molecule has 30 heavy (non-hydrogen) atoms. The van der Waals surface area contributed by atoms with Crippen molar-refractivity contribution in [3.8, 4) is 17.6 Å². The predicted molar refractivity (Wildman–Crippen MR) is 117 cm³/mol. The fourth-order valence-corrected chi connectivity index (χ4v) is 3.10. The molecule has 2 aromatic carbocycles. The Morgan fingerprint density at radius 1 is 1.20 bits per heavy atom. The highest BCUT2D eigenvalue weighted by atomic mass is 16.5. The molecular formula is C24H24N2O4. The molecule has 0 fully saturated rings. The second-order valence-electron chi connectivity index (χ2n) is 6.50. The lowest BCUT2D eigenvalue weighted by Gasteiger charge is -2.11. The van der Waals surface area contributed by atoms with E-state index in [9.17, 15) is 5.26 Å². The standard InChI is InChI=1S/C24H24N2O4/c1-4-10-29-16-20-13-21-18(12-22(27-2)24(28-3)23(21)30-20)11-17(14-25)15-26-19-8-6-5-7-9-19/h4-9,12-13,15,26H,1,10-11,16H2,2-3H3/b17-15-. The van der Waals surface area contributed by atoms with E-state index in [-0.39, 0.29) is 0 Å². The Labute approximate surface area is 176 Å². The molecule has 0 radical (unpaired) electrons. The number of nitrogens with one attached hydrogen (secondary N) is 1. The van der Waals surface area contributed by atoms with Crippen molar-refractivity contribution in [2.75, 3.05) is 26.1 Å². The molecule has 0 saturated carbocycles. The Balaban J connectivity index is 1.96. The number of rotatable bonds is 10. The number of nitriles is 1. The maximum Gasteiger partial charge on any atom is 0.204 e. The number of ether oxygens (including phenoxy) is 3. The van der Waals surface area contributed by atoms with Crippen molar-refractivity contribution >= 4 is 16.7 Å². The van der Waals surface area contributed by atoms with Crippen LogP contribution in [-0.4, -0.2) is 20.8 Å². The summed E-state index contributed by atoms with van der Waals surface area (Å²) in [7, 11) is 3.14. The summed E-state index contributed by atoms with van der Waals surface area (Å²) in [5.74, 6) is 1.71. The molecule has 1 heterocycles. The van der Waals surface area contributed by atoms with Crippen molar-refractivity contribution in [3.05, 3.63) is 78.2 Å². The third kappa shape index (κ3) is 4.83. The first-order chi connectivity index (χ1) is 14.7. The normalized spacial score (nSPS) is 11.2. The molecule has 154 valence electrons. The number of benzene rings is 2. The van der Waals surface area contributed by atoms with E-state index in [4.69, 9.17) is 18.6 Å². The molecule has 0 amide bonds. The zero-order chi connectivity index (χ0) is 21.3. The molecular weight excluding hydrogens is 380 g/mol. The molecule has 3 rings (SSSR count). The van der Waals surface area contributed by atoms with Gasteiger partial charge in [0.1, 0.15) is 12.4 Å². The maximum atomic E-state index is 9.65. The summed E-state index contributed by atoms with van der Waals surface area (Å²) in [5.41, 5.74) is 2.94. The number of methoxy groups -OCH3 is 2. The molecule has 0 bridgehead atoms. The van der Waals surface area contributed by atoms with Crippen LogP contribution in [0.25, 0.3) is 11.0 Å². The van der Waals surface area contributed by atoms with Crippen LogP contribution in [-0.2, 0) is 17.8 Å². The topological polar surface area (TPSA) is 76.7 Å². The SMILES string of the molecule is C=CCOCc1cc2c(C/C(C#N)=C/Nc3ccccc3)cc(OC)c(OC)c2o1. The van der Waals surface area contributed by atoms with Gasteiger partial charge < -0.3 is 23.9 Å². The van der Waals surface area contributed by atoms with Gasteiger partial charge in [0.2, 0.25) is 5.75 Å². The van der Waals surface area contributed by atoms with Gasteiger partial charge in [-0.25, -0.2) is 0 Å². The Bertz CT molecular complexity index is 1080. The second-order valence-corrected chi connectivity index (χ2v) is 6.50. The van der Waals surface area contributed by atoms with E-state index >= 15 is 0 Å². The fourth-order valence-electron chi connectivity index (χ4n) is 3.10. The number of hydrogen-bond donors (Lipinski definition) is 1. The van der Waals surface area contributed by atoms with Crippen molar-refractivity contribution in [2.24, 2.45) is 0 Å². The van der Waals surface area contributed by atoms with Crippen LogP contribution in [0.15, 0.2) is 71.3 Å². The first-order valence-electron chi connectivity index (χ1n) is 9.45. The van der Waals surface area contributed by atoms with E-state index < -0.39 is 0 Å². The predicted octanol–water partition coefficient (Wildman–Crippen LogP) is 5.21. The first kappa shape index (κ1) is 21.0. The van der Waals surface area contributed by atoms with Gasteiger partial charge in [-0.05, 0) is 29.8 Å². The summed E-state index contributed by atoms with van der Waals surface area (Å²) in [5, 5.41) is 13.7. The van der Waals surface area contributed by atoms with Crippen molar-refractivity contribution in [3.63, 3.8) is 0 Å². The zero-order valence-electron chi connectivity index (χ0n) is 17.1. The van der Waals surface area contributed by atoms with Crippen LogP contribution in [0.3, 0.4) is 0 Å². The molecule has 0 aliphatic heterocycles. The van der Waals surface area contributed by atoms with E-state index in [2.05, 4.69) is 18.0 Å². The highest BCUT2D eigenvalue weighted by Crippen LogP contribution is 2.40. The quantitative estimate of drug-likeness (QED) is 0.284. The summed E-state index contributed by atoms with van der Waals surface area (Å²) in [6, 6.07) is 15.7. The van der Waals surface area contributed by atoms with Crippen LogP contribution < -0.4 is 14.8 Å². The largest absolute Gasteiger partial charge is 0.493 e. The zero-order valence-corrected chi connectivity index (χ0v) is 17.1. The molecule has 3 aromatic rings. The lowest BCUT2D eigenvalue weighted by atomic mass is 10.0. The van der Waals surface area contributed by atoms with E-state index in [0.29, 0.717) is 48.0 Å². The van der Waals surface area contributed by atoms with Crippen LogP contribution in [0.4, 0.5) is 5.69 Å². The number of furan rings is 1. The fraction of sp³-hybridized carbons (Fsp3) is 0.208. The average molecular weight is 404 g/mol. The third-order valence-electron chi connectivity index (χ3n) is 4.48. The van der Waals surface area contributed by atoms with Gasteiger partial charge in [0.15, 0.2) is 11.3 Å². The average Bonchev–Trinajstić information content (AvgIpc) is 3.21. The third-order valence-corrected chi connectivity index (χ3v) is 4.48. The molecule has 6 nitrogen and oxygen atoms in total. The molecule has 1 aromatic heterocycles. The lowest BCUT2D eigenvalue weighted by Crippen LogP contribution is -1.97. The number of anilines is 1. The Hall–Kier alpha value is -3.69. The van der Waals surface area contributed by atoms with E-state index in [1.807, 2.05) is 42.5 Å². The summed E-state index contributed by atoms with van der Waals surface area (Å²) >= 11 is 0. The number of allylic oxidation sites excluding steroid dienone is 1. The highest BCUT2D eigenvalue weighted by Gasteiger charge is 2.19. The minimum absolute atomic E-state index is 0.308. The van der Waals surface area contributed by atoms with E-state index in [1.54, 1.807) is 26.5 Å². The molecule has 1 N–H and O–H groups in total. The van der Waals surface area contributed by atoms with Gasteiger partial charge in [-0.15, -0.1) is 6.58 Å². The maximum absolute atomic E-state index is 9.65. The monoisotopic (exact) mass is 404 g/mol. The molecule has 6 heteroatoms. The Morgan fingerprint density at radius 2 is 2.00 bits per heavy atom. The number of fused-ring (bicyclic) bond motifs is 1. The van der Waals surface area contributed by atoms with Gasteiger partial charge in [0, 0.05) is 29.3 Å². The van der Waals surface area contributed by atoms with Crippen LogP contribution in [0.1, 0.15) is 11.3 Å². The molecule has 0 aliphatic rings. The summed E-state index contributed by atoms with van der Waals surface area (Å²) < 4.78 is 22.5. The Kier molecular flexibility index (Phi) is 7.14. The molecule has 0 spiro atoms. The van der Waals surface area contributed by atoms with Crippen molar-refractivity contribution in [1.29, 1.82) is 5.26 Å². The van der Waals surface area contributed by atoms with Gasteiger partial charge in [-0.3, -0.25) is 0 Å². The minimum atomic E-state index is 0.308. The molecule has 0 atom stereocenters. The highest BCUT2D eigenvalue weighted by molar-refractivity contribution is 5.90. The van der Waals surface area contributed by atoms with Gasteiger partial charge in [0.25, 0.3) is 0 Å². The van der Waals surface area contributed by atoms with E-state index in [0.717, 1.165) is 16.6 Å². The van der Waals surface area contributed by atoms with Crippen LogP contribution in [0.5, 0.6) is 11.5 Å². The van der Waals surface area contributed by atoms with Gasteiger partial charge in [-0.2, -0.15) is 5.26 Å². The smallest absolute Gasteiger partial charge is 0.204 e. The van der Waals surface area contributed by atoms with Crippen LogP contribution in [0.2, 0.25) is 0 Å². The van der Waals surface area contributed by atoms with Gasteiger partial charge in [0.05, 0.1) is 26.9 Å². The van der Waals surface area contributed by atoms with Gasteiger partial charge >= 0.3 is 0 Å². The van der Waals surface area contributed by atoms with Crippen molar-refractivity contribution in [2.45, 2.75) is 13.0 Å². The van der Waals surface area contributed by atoms with E-state index in [1.165, 1.54) is 0 Å². The summed E-state index contributed by atoms with van der Waals surface area (Å²) in [6.45, 7) is 4.38. The number of para-hydroxylation sites is 1. The Morgan fingerprint density at radius 3 is 2.67 bits per heavy atom. The first-order valence-corrected chi connectivity index (χ1v) is 9.45. The van der Waals surface area contributed by atoms with Crippen molar-refractivity contribution in [1.82, 2.24) is 0 Å². The molecule has 0 saturated heterocycles. The van der Waals surface area contributed by atoms with Gasteiger partial charge in [-0.1, -0.05) is 24.3 Å². The minimum Gasteiger partial charge on any atom is -0.493 e. The molecule has 0 aliphatic carbocycles.